The van der Waals surface area contributed by atoms with Crippen LogP contribution in [0.2, 0.25) is 0 Å². The van der Waals surface area contributed by atoms with Crippen molar-refractivity contribution < 1.29 is 19.1 Å². The van der Waals surface area contributed by atoms with E-state index in [1.165, 1.54) is 0 Å². The normalized spacial score (nSPS) is 13.3. The van der Waals surface area contributed by atoms with Crippen molar-refractivity contribution in [1.82, 2.24) is 0 Å². The molecule has 7 aromatic rings. The average Bonchev–Trinajstić information content (AvgIpc) is 3.01. The smallest absolute Gasteiger partial charge is 0.194 e. The van der Waals surface area contributed by atoms with Crippen molar-refractivity contribution in [3.63, 3.8) is 0 Å². The summed E-state index contributed by atoms with van der Waals surface area (Å²) in [4.78, 5) is 27.5. The van der Waals surface area contributed by atoms with Gasteiger partial charge in [0, 0.05) is 49.4 Å². The number of benzene rings is 7. The second-order valence-electron chi connectivity index (χ2n) is 10.6. The number of hydrogen-bond acceptors (Lipinski definition) is 4. The van der Waals surface area contributed by atoms with Gasteiger partial charge in [-0.25, -0.2) is 0 Å². The molecule has 188 valence electrons. The van der Waals surface area contributed by atoms with Gasteiger partial charge in [0.05, 0.1) is 14.2 Å². The Labute approximate surface area is 228 Å². The van der Waals surface area contributed by atoms with Crippen LogP contribution in [0.5, 0.6) is 11.5 Å². The van der Waals surface area contributed by atoms with E-state index in [1.807, 2.05) is 60.7 Å². The molecule has 0 amide bonds. The van der Waals surface area contributed by atoms with Crippen LogP contribution in [0.4, 0.5) is 0 Å². The maximum atomic E-state index is 13.8. The van der Waals surface area contributed by atoms with Crippen molar-refractivity contribution in [1.29, 1.82) is 0 Å². The monoisotopic (exact) mass is 516 g/mol. The predicted molar refractivity (Wildman–Crippen MR) is 158 cm³/mol. The molecule has 0 aromatic heterocycles. The van der Waals surface area contributed by atoms with Crippen molar-refractivity contribution in [3.8, 4) is 33.8 Å². The molecule has 2 aliphatic carbocycles. The fraction of sp³-hybridized carbons (Fsp3) is 0.0556. The minimum Gasteiger partial charge on any atom is -0.496 e. The van der Waals surface area contributed by atoms with Crippen LogP contribution in [0.15, 0.2) is 84.9 Å². The summed E-state index contributed by atoms with van der Waals surface area (Å²) in [5.74, 6) is 1.47. The van der Waals surface area contributed by atoms with Crippen LogP contribution < -0.4 is 9.47 Å². The summed E-state index contributed by atoms with van der Waals surface area (Å²) in [6.45, 7) is 0. The molecule has 0 N–H and O–H groups in total. The Morgan fingerprint density at radius 1 is 0.425 bits per heavy atom. The Morgan fingerprint density at radius 2 is 1.00 bits per heavy atom. The van der Waals surface area contributed by atoms with Gasteiger partial charge in [0.1, 0.15) is 11.5 Å². The van der Waals surface area contributed by atoms with Crippen LogP contribution in [0.3, 0.4) is 0 Å². The largest absolute Gasteiger partial charge is 0.496 e. The summed E-state index contributed by atoms with van der Waals surface area (Å²) in [5, 5.41) is 7.78. The molecular weight excluding hydrogens is 496 g/mol. The number of ketones is 2. The third-order valence-electron chi connectivity index (χ3n) is 8.88. The first-order valence-electron chi connectivity index (χ1n) is 13.3. The van der Waals surface area contributed by atoms with Crippen LogP contribution in [0.25, 0.3) is 65.3 Å². The number of methoxy groups -OCH3 is 2. The Balaban J connectivity index is 1.58. The van der Waals surface area contributed by atoms with E-state index in [0.717, 1.165) is 71.1 Å². The van der Waals surface area contributed by atoms with Gasteiger partial charge in [-0.3, -0.25) is 9.59 Å². The van der Waals surface area contributed by atoms with Gasteiger partial charge in [0.15, 0.2) is 11.6 Å². The molecule has 0 bridgehead atoms. The van der Waals surface area contributed by atoms with Gasteiger partial charge in [-0.1, -0.05) is 60.7 Å². The van der Waals surface area contributed by atoms with Crippen LogP contribution in [0, 0.1) is 0 Å². The van der Waals surface area contributed by atoms with Gasteiger partial charge in [-0.15, -0.1) is 0 Å². The van der Waals surface area contributed by atoms with Crippen LogP contribution in [0.1, 0.15) is 31.8 Å². The summed E-state index contributed by atoms with van der Waals surface area (Å²) in [6.07, 6.45) is 0. The van der Waals surface area contributed by atoms with E-state index in [1.54, 1.807) is 14.2 Å². The quantitative estimate of drug-likeness (QED) is 0.172. The lowest BCUT2D eigenvalue weighted by Crippen LogP contribution is -2.12. The molecule has 0 saturated carbocycles. The highest BCUT2D eigenvalue weighted by atomic mass is 16.5. The number of carbonyl (C=O) groups is 2. The zero-order valence-corrected chi connectivity index (χ0v) is 21.7. The summed E-state index contributed by atoms with van der Waals surface area (Å²) < 4.78 is 12.1. The minimum absolute atomic E-state index is 0.0130. The first-order chi connectivity index (χ1) is 19.6. The fourth-order valence-corrected chi connectivity index (χ4v) is 7.28. The zero-order chi connectivity index (χ0) is 26.9. The second kappa shape index (κ2) is 7.25. The van der Waals surface area contributed by atoms with Gasteiger partial charge < -0.3 is 9.47 Å². The van der Waals surface area contributed by atoms with E-state index >= 15 is 0 Å². The summed E-state index contributed by atoms with van der Waals surface area (Å²) in [6, 6.07) is 27.7. The van der Waals surface area contributed by atoms with Crippen molar-refractivity contribution in [2.24, 2.45) is 0 Å². The predicted octanol–water partition coefficient (Wildman–Crippen LogP) is 8.18. The molecule has 0 heterocycles. The molecule has 0 aliphatic heterocycles. The molecule has 40 heavy (non-hydrogen) atoms. The lowest BCUT2D eigenvalue weighted by atomic mass is 9.76. The lowest BCUT2D eigenvalue weighted by Gasteiger charge is -2.27. The van der Waals surface area contributed by atoms with Gasteiger partial charge in [0.25, 0.3) is 0 Å². The van der Waals surface area contributed by atoms with Crippen LogP contribution >= 0.6 is 0 Å². The van der Waals surface area contributed by atoms with Gasteiger partial charge in [-0.05, 0) is 62.5 Å². The summed E-state index contributed by atoms with van der Waals surface area (Å²) >= 11 is 0. The highest BCUT2D eigenvalue weighted by Gasteiger charge is 2.33. The molecule has 4 nitrogen and oxygen atoms in total. The number of ether oxygens (including phenoxy) is 2. The third kappa shape index (κ3) is 2.35. The molecule has 2 aliphatic rings. The molecule has 0 spiro atoms. The number of hydrogen-bond donors (Lipinski definition) is 0. The summed E-state index contributed by atoms with van der Waals surface area (Å²) in [5.41, 5.74) is 6.47. The maximum absolute atomic E-state index is 13.8. The van der Waals surface area contributed by atoms with Gasteiger partial charge >= 0.3 is 0 Å². The van der Waals surface area contributed by atoms with E-state index in [9.17, 15) is 9.59 Å². The molecule has 7 aromatic carbocycles. The number of rotatable bonds is 2. The molecule has 4 heteroatoms. The van der Waals surface area contributed by atoms with Crippen molar-refractivity contribution in [3.05, 3.63) is 107 Å². The molecule has 0 radical (unpaired) electrons. The summed E-state index contributed by atoms with van der Waals surface area (Å²) in [7, 11) is 3.36. The van der Waals surface area contributed by atoms with Crippen molar-refractivity contribution in [2.45, 2.75) is 0 Å². The van der Waals surface area contributed by atoms with E-state index in [0.29, 0.717) is 28.0 Å². The van der Waals surface area contributed by atoms with Crippen LogP contribution in [-0.2, 0) is 0 Å². The molecule has 0 saturated heterocycles. The fourth-order valence-electron chi connectivity index (χ4n) is 7.28. The van der Waals surface area contributed by atoms with E-state index in [-0.39, 0.29) is 11.6 Å². The van der Waals surface area contributed by atoms with Gasteiger partial charge in [-0.2, -0.15) is 0 Å². The maximum Gasteiger partial charge on any atom is 0.194 e. The molecule has 0 atom stereocenters. The Morgan fingerprint density at radius 3 is 1.68 bits per heavy atom. The standard InChI is InChI=1S/C36H20O4/c1-39-27-15-25-17-7-3-5-9-21(17)35(37)23-13-12-20-19-11-14-24-34-29(19)26(32(27)33(20)30(23)25)16-28(40-2)31(34)18-8-4-6-10-22(18)36(24)38/h3-16H,1-2H3. The van der Waals surface area contributed by atoms with E-state index < -0.39 is 0 Å². The first-order valence-corrected chi connectivity index (χ1v) is 13.3. The average molecular weight is 517 g/mol. The Bertz CT molecular complexity index is 2330. The second-order valence-corrected chi connectivity index (χ2v) is 10.6. The molecule has 0 fully saturated rings. The van der Waals surface area contributed by atoms with Crippen molar-refractivity contribution >= 4 is 54.7 Å². The van der Waals surface area contributed by atoms with Gasteiger partial charge in [0.2, 0.25) is 0 Å². The number of fused-ring (bicyclic) bond motifs is 6. The Kier molecular flexibility index (Phi) is 3.93. The highest BCUT2D eigenvalue weighted by molar-refractivity contribution is 6.42. The highest BCUT2D eigenvalue weighted by Crippen LogP contribution is 2.54. The SMILES string of the molecule is COc1cc2c3c(OC)cc4c5c(ccc(c6ccc7c(c1-c1ccccc1C7=O)c62)c53)C(=O)c1ccccc1-4. The van der Waals surface area contributed by atoms with E-state index in [2.05, 4.69) is 24.3 Å². The first kappa shape index (κ1) is 21.7. The third-order valence-corrected chi connectivity index (χ3v) is 8.88. The molecular formula is C36H20O4. The van der Waals surface area contributed by atoms with Crippen molar-refractivity contribution in [2.75, 3.05) is 14.2 Å². The topological polar surface area (TPSA) is 52.6 Å². The van der Waals surface area contributed by atoms with E-state index in [4.69, 9.17) is 9.47 Å². The number of carbonyl (C=O) groups excluding carboxylic acids is 2. The molecule has 9 rings (SSSR count). The zero-order valence-electron chi connectivity index (χ0n) is 21.7. The molecule has 0 unspecified atom stereocenters. The Hall–Kier alpha value is -5.22. The minimum atomic E-state index is 0.0130. The van der Waals surface area contributed by atoms with Crippen LogP contribution in [-0.4, -0.2) is 25.8 Å². The lowest BCUT2D eigenvalue weighted by molar-refractivity contribution is 0.103.